The maximum Gasteiger partial charge on any atom is 0.165 e. The van der Waals surface area contributed by atoms with Crippen molar-refractivity contribution in [2.75, 3.05) is 0 Å². The summed E-state index contributed by atoms with van der Waals surface area (Å²) in [5, 5.41) is 0. The lowest BCUT2D eigenvalue weighted by Crippen LogP contribution is -2.26. The third-order valence-electron chi connectivity index (χ3n) is 3.70. The zero-order chi connectivity index (χ0) is 12.3. The van der Waals surface area contributed by atoms with Crippen LogP contribution in [0, 0.1) is 11.8 Å². The second-order valence-corrected chi connectivity index (χ2v) is 4.91. The van der Waals surface area contributed by atoms with Crippen molar-refractivity contribution in [2.24, 2.45) is 11.8 Å². The molecule has 2 nitrogen and oxygen atoms in total. The highest BCUT2D eigenvalue weighted by Gasteiger charge is 2.29. The lowest BCUT2D eigenvalue weighted by Gasteiger charge is -2.25. The number of carbonyl (C=O) groups is 2. The van der Waals surface area contributed by atoms with Gasteiger partial charge in [-0.3, -0.25) is 9.59 Å². The maximum atomic E-state index is 12.2. The van der Waals surface area contributed by atoms with Crippen LogP contribution < -0.4 is 0 Å². The van der Waals surface area contributed by atoms with Crippen LogP contribution in [0.4, 0.5) is 0 Å². The van der Waals surface area contributed by atoms with Crippen LogP contribution in [0.25, 0.3) is 0 Å². The Morgan fingerprint density at radius 2 is 2.00 bits per heavy atom. The van der Waals surface area contributed by atoms with E-state index in [0.29, 0.717) is 18.6 Å². The van der Waals surface area contributed by atoms with Gasteiger partial charge in [-0.1, -0.05) is 37.3 Å². The standard InChI is InChI=1S/C15H18O2/c1-11(13-8-5-9-14(16)10-13)15(17)12-6-3-2-4-7-12/h2-4,6-7,11,13H,5,8-10H2,1H3/t11-,13+/m0/s1. The molecule has 0 saturated heterocycles. The lowest BCUT2D eigenvalue weighted by atomic mass is 9.77. The highest BCUT2D eigenvalue weighted by atomic mass is 16.1. The highest BCUT2D eigenvalue weighted by molar-refractivity contribution is 5.98. The summed E-state index contributed by atoms with van der Waals surface area (Å²) in [5.74, 6) is 0.685. The maximum absolute atomic E-state index is 12.2. The van der Waals surface area contributed by atoms with Crippen molar-refractivity contribution in [1.82, 2.24) is 0 Å². The van der Waals surface area contributed by atoms with Crippen LogP contribution in [0.5, 0.6) is 0 Å². The van der Waals surface area contributed by atoms with E-state index in [9.17, 15) is 9.59 Å². The molecule has 1 saturated carbocycles. The van der Waals surface area contributed by atoms with Crippen LogP contribution >= 0.6 is 0 Å². The van der Waals surface area contributed by atoms with Gasteiger partial charge in [-0.2, -0.15) is 0 Å². The van der Waals surface area contributed by atoms with Crippen LogP contribution in [0.1, 0.15) is 43.0 Å². The number of ketones is 2. The molecule has 1 aliphatic rings. The second-order valence-electron chi connectivity index (χ2n) is 4.91. The van der Waals surface area contributed by atoms with Gasteiger partial charge >= 0.3 is 0 Å². The van der Waals surface area contributed by atoms with Gasteiger partial charge in [0.15, 0.2) is 5.78 Å². The molecule has 90 valence electrons. The second kappa shape index (κ2) is 5.26. The fraction of sp³-hybridized carbons (Fsp3) is 0.467. The van der Waals surface area contributed by atoms with Crippen molar-refractivity contribution in [3.63, 3.8) is 0 Å². The van der Waals surface area contributed by atoms with Crippen molar-refractivity contribution in [3.8, 4) is 0 Å². The molecule has 0 radical (unpaired) electrons. The molecule has 1 aliphatic carbocycles. The predicted octanol–water partition coefficient (Wildman–Crippen LogP) is 3.26. The molecular weight excluding hydrogens is 212 g/mol. The largest absolute Gasteiger partial charge is 0.300 e. The first-order valence-electron chi connectivity index (χ1n) is 6.29. The van der Waals surface area contributed by atoms with Crippen LogP contribution in [0.2, 0.25) is 0 Å². The Balaban J connectivity index is 2.07. The number of carbonyl (C=O) groups excluding carboxylic acids is 2. The topological polar surface area (TPSA) is 34.1 Å². The molecule has 1 aromatic carbocycles. The van der Waals surface area contributed by atoms with Gasteiger partial charge in [0.25, 0.3) is 0 Å². The van der Waals surface area contributed by atoms with Crippen LogP contribution in [-0.2, 0) is 4.79 Å². The van der Waals surface area contributed by atoms with Crippen molar-refractivity contribution >= 4 is 11.6 Å². The average Bonchev–Trinajstić information content (AvgIpc) is 2.38. The molecule has 2 atom stereocenters. The molecule has 0 N–H and O–H groups in total. The molecule has 2 rings (SSSR count). The Labute approximate surface area is 102 Å². The average molecular weight is 230 g/mol. The van der Waals surface area contributed by atoms with Crippen molar-refractivity contribution in [2.45, 2.75) is 32.6 Å². The molecule has 2 heteroatoms. The Morgan fingerprint density at radius 3 is 2.65 bits per heavy atom. The number of rotatable bonds is 3. The SMILES string of the molecule is C[C@H](C(=O)c1ccccc1)[C@@H]1CCCC(=O)C1. The third-order valence-corrected chi connectivity index (χ3v) is 3.70. The van der Waals surface area contributed by atoms with Gasteiger partial charge in [-0.15, -0.1) is 0 Å². The van der Waals surface area contributed by atoms with E-state index in [2.05, 4.69) is 0 Å². The van der Waals surface area contributed by atoms with Crippen molar-refractivity contribution < 1.29 is 9.59 Å². The minimum atomic E-state index is -0.0401. The number of hydrogen-bond acceptors (Lipinski definition) is 2. The van der Waals surface area contributed by atoms with Crippen LogP contribution in [0.15, 0.2) is 30.3 Å². The fourth-order valence-electron chi connectivity index (χ4n) is 2.56. The Kier molecular flexibility index (Phi) is 3.72. The number of hydrogen-bond donors (Lipinski definition) is 0. The molecule has 0 heterocycles. The predicted molar refractivity (Wildman–Crippen MR) is 66.9 cm³/mol. The van der Waals surface area contributed by atoms with E-state index >= 15 is 0 Å². The van der Waals surface area contributed by atoms with E-state index in [-0.39, 0.29) is 17.6 Å². The van der Waals surface area contributed by atoms with Gasteiger partial charge in [-0.05, 0) is 18.8 Å². The Bertz CT molecular complexity index is 408. The zero-order valence-electron chi connectivity index (χ0n) is 10.2. The van der Waals surface area contributed by atoms with Gasteiger partial charge in [0.1, 0.15) is 5.78 Å². The molecular formula is C15H18O2. The van der Waals surface area contributed by atoms with E-state index in [4.69, 9.17) is 0 Å². The first-order chi connectivity index (χ1) is 8.18. The minimum absolute atomic E-state index is 0.0401. The molecule has 0 aromatic heterocycles. The van der Waals surface area contributed by atoms with Crippen molar-refractivity contribution in [3.05, 3.63) is 35.9 Å². The van der Waals surface area contributed by atoms with E-state index < -0.39 is 0 Å². The quantitative estimate of drug-likeness (QED) is 0.747. The Morgan fingerprint density at radius 1 is 1.29 bits per heavy atom. The first kappa shape index (κ1) is 12.0. The summed E-state index contributed by atoms with van der Waals surface area (Å²) >= 11 is 0. The van der Waals surface area contributed by atoms with Gasteiger partial charge in [0.05, 0.1) is 0 Å². The summed E-state index contributed by atoms with van der Waals surface area (Å²) in [6.07, 6.45) is 3.23. The van der Waals surface area contributed by atoms with E-state index in [1.54, 1.807) is 0 Å². The molecule has 0 spiro atoms. The first-order valence-corrected chi connectivity index (χ1v) is 6.29. The van der Waals surface area contributed by atoms with Gasteiger partial charge in [0, 0.05) is 24.3 Å². The molecule has 1 aromatic rings. The van der Waals surface area contributed by atoms with Gasteiger partial charge < -0.3 is 0 Å². The van der Waals surface area contributed by atoms with E-state index in [1.807, 2.05) is 37.3 Å². The summed E-state index contributed by atoms with van der Waals surface area (Å²) < 4.78 is 0. The number of Topliss-reactive ketones (excluding diaryl/α,β-unsaturated/α-hetero) is 2. The zero-order valence-corrected chi connectivity index (χ0v) is 10.2. The van der Waals surface area contributed by atoms with Gasteiger partial charge in [0.2, 0.25) is 0 Å². The van der Waals surface area contributed by atoms with Gasteiger partial charge in [-0.25, -0.2) is 0 Å². The van der Waals surface area contributed by atoms with E-state index in [1.165, 1.54) is 0 Å². The van der Waals surface area contributed by atoms with Crippen molar-refractivity contribution in [1.29, 1.82) is 0 Å². The molecule has 0 unspecified atom stereocenters. The monoisotopic (exact) mass is 230 g/mol. The molecule has 0 bridgehead atoms. The molecule has 17 heavy (non-hydrogen) atoms. The summed E-state index contributed by atoms with van der Waals surface area (Å²) in [6, 6.07) is 9.37. The number of benzene rings is 1. The highest BCUT2D eigenvalue weighted by Crippen LogP contribution is 2.30. The Hall–Kier alpha value is -1.44. The third kappa shape index (κ3) is 2.82. The molecule has 0 aliphatic heterocycles. The summed E-state index contributed by atoms with van der Waals surface area (Å²) in [7, 11) is 0. The normalized spacial score (nSPS) is 22.2. The molecule has 0 amide bonds. The lowest BCUT2D eigenvalue weighted by molar-refractivity contribution is -0.121. The summed E-state index contributed by atoms with van der Waals surface area (Å²) in [5.41, 5.74) is 0.762. The van der Waals surface area contributed by atoms with Crippen LogP contribution in [-0.4, -0.2) is 11.6 Å². The fourth-order valence-corrected chi connectivity index (χ4v) is 2.56. The summed E-state index contributed by atoms with van der Waals surface area (Å²) in [4.78, 5) is 23.7. The minimum Gasteiger partial charge on any atom is -0.300 e. The summed E-state index contributed by atoms with van der Waals surface area (Å²) in [6.45, 7) is 1.96. The van der Waals surface area contributed by atoms with Crippen LogP contribution in [0.3, 0.4) is 0 Å². The molecule has 1 fully saturated rings. The van der Waals surface area contributed by atoms with E-state index in [0.717, 1.165) is 18.4 Å². The smallest absolute Gasteiger partial charge is 0.165 e.